The van der Waals surface area contributed by atoms with Crippen molar-refractivity contribution in [2.75, 3.05) is 0 Å². The largest absolute Gasteiger partial charge is 0.374 e. The van der Waals surface area contributed by atoms with E-state index in [1.165, 1.54) is 6.07 Å². The van der Waals surface area contributed by atoms with Gasteiger partial charge in [-0.25, -0.2) is 4.39 Å². The van der Waals surface area contributed by atoms with Crippen LogP contribution in [-0.4, -0.2) is 6.10 Å². The molecule has 1 unspecified atom stereocenters. The van der Waals surface area contributed by atoms with Gasteiger partial charge >= 0.3 is 0 Å². The minimum absolute atomic E-state index is 0.0719. The van der Waals surface area contributed by atoms with Crippen LogP contribution in [0.5, 0.6) is 0 Å². The Labute approximate surface area is 102 Å². The molecule has 0 fully saturated rings. The van der Waals surface area contributed by atoms with Crippen LogP contribution in [0.25, 0.3) is 0 Å². The van der Waals surface area contributed by atoms with Crippen molar-refractivity contribution < 1.29 is 9.13 Å². The lowest BCUT2D eigenvalue weighted by atomic mass is 10.1. The molecule has 0 heterocycles. The van der Waals surface area contributed by atoms with Crippen molar-refractivity contribution in [1.29, 1.82) is 5.26 Å². The molecule has 0 saturated carbocycles. The lowest BCUT2D eigenvalue weighted by Crippen LogP contribution is -2.11. The van der Waals surface area contributed by atoms with Gasteiger partial charge in [0.15, 0.2) is 0 Å². The molecule has 0 aliphatic heterocycles. The van der Waals surface area contributed by atoms with Crippen molar-refractivity contribution in [1.82, 2.24) is 0 Å². The lowest BCUT2D eigenvalue weighted by molar-refractivity contribution is 0.0382. The molecular weight excluding hydrogens is 217 g/mol. The van der Waals surface area contributed by atoms with Crippen LogP contribution < -0.4 is 0 Å². The van der Waals surface area contributed by atoms with Gasteiger partial charge in [-0.1, -0.05) is 26.0 Å². The summed E-state index contributed by atoms with van der Waals surface area (Å²) in [5.41, 5.74) is 0.516. The van der Waals surface area contributed by atoms with E-state index in [-0.39, 0.29) is 18.3 Å². The van der Waals surface area contributed by atoms with Crippen molar-refractivity contribution in [3.8, 4) is 6.07 Å². The smallest absolute Gasteiger partial charge is 0.146 e. The maximum Gasteiger partial charge on any atom is 0.146 e. The molecule has 1 rings (SSSR count). The maximum absolute atomic E-state index is 13.7. The van der Waals surface area contributed by atoms with Crippen LogP contribution in [0.3, 0.4) is 0 Å². The molecule has 1 aromatic carbocycles. The fourth-order valence-corrected chi connectivity index (χ4v) is 1.74. The third kappa shape index (κ3) is 4.16. The predicted molar refractivity (Wildman–Crippen MR) is 64.8 cm³/mol. The van der Waals surface area contributed by atoms with E-state index in [4.69, 9.17) is 10.00 Å². The molecule has 0 saturated heterocycles. The minimum atomic E-state index is -0.466. The van der Waals surface area contributed by atoms with Gasteiger partial charge in [0.05, 0.1) is 18.3 Å². The monoisotopic (exact) mass is 235 g/mol. The third-order valence-corrected chi connectivity index (χ3v) is 2.53. The van der Waals surface area contributed by atoms with Gasteiger partial charge in [-0.2, -0.15) is 5.26 Å². The molecule has 1 aromatic rings. The Morgan fingerprint density at radius 1 is 1.35 bits per heavy atom. The molecule has 0 bridgehead atoms. The summed E-state index contributed by atoms with van der Waals surface area (Å²) >= 11 is 0. The number of halogens is 1. The van der Waals surface area contributed by atoms with E-state index in [9.17, 15) is 4.39 Å². The topological polar surface area (TPSA) is 33.0 Å². The Morgan fingerprint density at radius 2 is 2.06 bits per heavy atom. The van der Waals surface area contributed by atoms with Gasteiger partial charge in [0.1, 0.15) is 11.9 Å². The van der Waals surface area contributed by atoms with E-state index < -0.39 is 5.82 Å². The highest BCUT2D eigenvalue weighted by Crippen LogP contribution is 2.15. The SMILES string of the molecule is CC(C)CC(C)OCc1cccc(C#N)c1F. The Kier molecular flexibility index (Phi) is 5.11. The second kappa shape index (κ2) is 6.36. The molecule has 0 radical (unpaired) electrons. The van der Waals surface area contributed by atoms with Crippen molar-refractivity contribution in [3.05, 3.63) is 35.1 Å². The number of ether oxygens (including phenoxy) is 1. The molecule has 0 spiro atoms. The average Bonchev–Trinajstić information content (AvgIpc) is 2.27. The Balaban J connectivity index is 2.61. The number of nitrogens with zero attached hydrogens (tertiary/aromatic N) is 1. The zero-order chi connectivity index (χ0) is 12.8. The first kappa shape index (κ1) is 13.7. The van der Waals surface area contributed by atoms with Crippen LogP contribution in [0.1, 0.15) is 38.3 Å². The van der Waals surface area contributed by atoms with Crippen LogP contribution >= 0.6 is 0 Å². The van der Waals surface area contributed by atoms with Gasteiger partial charge < -0.3 is 4.74 Å². The summed E-state index contributed by atoms with van der Waals surface area (Å²) in [6, 6.07) is 6.62. The van der Waals surface area contributed by atoms with Crippen molar-refractivity contribution in [2.24, 2.45) is 5.92 Å². The minimum Gasteiger partial charge on any atom is -0.374 e. The van der Waals surface area contributed by atoms with Gasteiger partial charge in [0.25, 0.3) is 0 Å². The highest BCUT2D eigenvalue weighted by Gasteiger charge is 2.10. The zero-order valence-electron chi connectivity index (χ0n) is 10.5. The highest BCUT2D eigenvalue weighted by molar-refractivity contribution is 5.34. The number of rotatable bonds is 5. The molecule has 0 aliphatic rings. The molecule has 1 atom stereocenters. The normalized spacial score (nSPS) is 12.5. The molecular formula is C14H18FNO. The Hall–Kier alpha value is -1.40. The van der Waals surface area contributed by atoms with E-state index in [1.807, 2.05) is 13.0 Å². The van der Waals surface area contributed by atoms with Gasteiger partial charge in [0, 0.05) is 5.56 Å². The summed E-state index contributed by atoms with van der Waals surface area (Å²) in [6.07, 6.45) is 1.04. The summed E-state index contributed by atoms with van der Waals surface area (Å²) in [6.45, 7) is 6.44. The summed E-state index contributed by atoms with van der Waals surface area (Å²) < 4.78 is 19.3. The molecule has 2 nitrogen and oxygen atoms in total. The molecule has 0 amide bonds. The number of nitriles is 1. The standard InChI is InChI=1S/C14H18FNO/c1-10(2)7-11(3)17-9-13-6-4-5-12(8-16)14(13)15/h4-6,10-11H,7,9H2,1-3H3. The summed E-state index contributed by atoms with van der Waals surface area (Å²) in [7, 11) is 0. The highest BCUT2D eigenvalue weighted by atomic mass is 19.1. The first-order chi connectivity index (χ1) is 8.04. The van der Waals surface area contributed by atoms with E-state index in [1.54, 1.807) is 12.1 Å². The predicted octanol–water partition coefficient (Wildman–Crippen LogP) is 3.65. The lowest BCUT2D eigenvalue weighted by Gasteiger charge is -2.15. The van der Waals surface area contributed by atoms with Crippen molar-refractivity contribution in [2.45, 2.75) is 39.9 Å². The molecule has 3 heteroatoms. The third-order valence-electron chi connectivity index (χ3n) is 2.53. The summed E-state index contributed by atoms with van der Waals surface area (Å²) in [5, 5.41) is 8.71. The van der Waals surface area contributed by atoms with Gasteiger partial charge in [-0.05, 0) is 25.3 Å². The fourth-order valence-electron chi connectivity index (χ4n) is 1.74. The summed E-state index contributed by atoms with van der Waals surface area (Å²) in [4.78, 5) is 0. The van der Waals surface area contributed by atoms with Crippen LogP contribution in [-0.2, 0) is 11.3 Å². The van der Waals surface area contributed by atoms with Gasteiger partial charge in [-0.15, -0.1) is 0 Å². The van der Waals surface area contributed by atoms with Crippen molar-refractivity contribution in [3.63, 3.8) is 0 Å². The fraction of sp³-hybridized carbons (Fsp3) is 0.500. The number of hydrogen-bond donors (Lipinski definition) is 0. The zero-order valence-corrected chi connectivity index (χ0v) is 10.5. The van der Waals surface area contributed by atoms with E-state index in [0.29, 0.717) is 11.5 Å². The van der Waals surface area contributed by atoms with Crippen LogP contribution in [0.2, 0.25) is 0 Å². The van der Waals surface area contributed by atoms with Gasteiger partial charge in [0.2, 0.25) is 0 Å². The number of benzene rings is 1. The molecule has 17 heavy (non-hydrogen) atoms. The number of hydrogen-bond acceptors (Lipinski definition) is 2. The first-order valence-corrected chi connectivity index (χ1v) is 5.83. The molecule has 0 aliphatic carbocycles. The average molecular weight is 235 g/mol. The Morgan fingerprint density at radius 3 is 2.65 bits per heavy atom. The van der Waals surface area contributed by atoms with E-state index in [0.717, 1.165) is 6.42 Å². The van der Waals surface area contributed by atoms with Crippen LogP contribution in [0.4, 0.5) is 4.39 Å². The Bertz CT molecular complexity index is 409. The molecule has 0 aromatic heterocycles. The van der Waals surface area contributed by atoms with Crippen LogP contribution in [0, 0.1) is 23.1 Å². The molecule has 92 valence electrons. The maximum atomic E-state index is 13.7. The first-order valence-electron chi connectivity index (χ1n) is 5.83. The molecule has 0 N–H and O–H groups in total. The second-order valence-electron chi connectivity index (χ2n) is 4.64. The van der Waals surface area contributed by atoms with Gasteiger partial charge in [-0.3, -0.25) is 0 Å². The summed E-state index contributed by atoms with van der Waals surface area (Å²) in [5.74, 6) is 0.0898. The van der Waals surface area contributed by atoms with Crippen molar-refractivity contribution >= 4 is 0 Å². The quantitative estimate of drug-likeness (QED) is 0.780. The van der Waals surface area contributed by atoms with E-state index >= 15 is 0 Å². The van der Waals surface area contributed by atoms with Crippen LogP contribution in [0.15, 0.2) is 18.2 Å². The van der Waals surface area contributed by atoms with E-state index in [2.05, 4.69) is 13.8 Å². The second-order valence-corrected chi connectivity index (χ2v) is 4.64.